The summed E-state index contributed by atoms with van der Waals surface area (Å²) in [6.07, 6.45) is 8.02. The van der Waals surface area contributed by atoms with Gasteiger partial charge in [-0.15, -0.1) is 0 Å². The van der Waals surface area contributed by atoms with Crippen molar-refractivity contribution in [2.75, 3.05) is 13.1 Å². The van der Waals surface area contributed by atoms with Gasteiger partial charge in [0.05, 0.1) is 16.9 Å². The van der Waals surface area contributed by atoms with Crippen molar-refractivity contribution in [1.82, 2.24) is 15.1 Å². The number of rotatable bonds is 8. The Kier molecular flexibility index (Phi) is 7.06. The minimum atomic E-state index is 0.703. The first-order valence-electron chi connectivity index (χ1n) is 6.73. The van der Waals surface area contributed by atoms with Crippen LogP contribution in [-0.4, -0.2) is 22.9 Å². The predicted molar refractivity (Wildman–Crippen MR) is 78.9 cm³/mol. The minimum absolute atomic E-state index is 0.703. The molecule has 0 radical (unpaired) electrons. The molecule has 4 heteroatoms. The molecule has 0 aromatic carbocycles. The normalized spacial score (nSPS) is 11.8. The number of halogens is 1. The molecular weight excluding hydrogens is 246 g/mol. The third-order valence-corrected chi connectivity index (χ3v) is 2.88. The number of aromatic nitrogens is 2. The van der Waals surface area contributed by atoms with Gasteiger partial charge >= 0.3 is 0 Å². The van der Waals surface area contributed by atoms with E-state index in [1.807, 2.05) is 4.68 Å². The molecule has 1 heterocycles. The summed E-state index contributed by atoms with van der Waals surface area (Å²) >= 11 is 6.11. The van der Waals surface area contributed by atoms with Crippen molar-refractivity contribution >= 4 is 17.7 Å². The quantitative estimate of drug-likeness (QED) is 0.731. The fourth-order valence-electron chi connectivity index (χ4n) is 1.70. The lowest BCUT2D eigenvalue weighted by Gasteiger charge is -2.05. The topological polar surface area (TPSA) is 29.9 Å². The van der Waals surface area contributed by atoms with Crippen LogP contribution in [-0.2, 0) is 6.54 Å². The molecule has 0 amide bonds. The van der Waals surface area contributed by atoms with E-state index in [2.05, 4.69) is 43.3 Å². The van der Waals surface area contributed by atoms with Crippen LogP contribution in [0.25, 0.3) is 6.08 Å². The van der Waals surface area contributed by atoms with Gasteiger partial charge in [0.2, 0.25) is 0 Å². The molecule has 102 valence electrons. The molecule has 0 aliphatic heterocycles. The fourth-order valence-corrected chi connectivity index (χ4v) is 1.90. The van der Waals surface area contributed by atoms with Gasteiger partial charge in [-0.3, -0.25) is 4.68 Å². The summed E-state index contributed by atoms with van der Waals surface area (Å²) in [5, 5.41) is 8.41. The molecule has 0 saturated carbocycles. The first-order chi connectivity index (χ1) is 8.65. The molecule has 0 bridgehead atoms. The number of nitrogens with one attached hydrogen (secondary N) is 1. The molecular formula is C14H24ClN3. The highest BCUT2D eigenvalue weighted by molar-refractivity contribution is 6.31. The summed E-state index contributed by atoms with van der Waals surface area (Å²) in [4.78, 5) is 0. The zero-order chi connectivity index (χ0) is 13.4. The SMILES string of the molecule is CCCn1ncc(Cl)c1/C=C/CCNCC(C)C. The Morgan fingerprint density at radius 1 is 1.50 bits per heavy atom. The summed E-state index contributed by atoms with van der Waals surface area (Å²) in [5.74, 6) is 0.703. The van der Waals surface area contributed by atoms with Crippen LogP contribution in [0, 0.1) is 5.92 Å². The molecule has 1 N–H and O–H groups in total. The van der Waals surface area contributed by atoms with E-state index in [0.29, 0.717) is 5.92 Å². The molecule has 0 aliphatic rings. The van der Waals surface area contributed by atoms with Crippen LogP contribution < -0.4 is 5.32 Å². The molecule has 18 heavy (non-hydrogen) atoms. The van der Waals surface area contributed by atoms with Gasteiger partial charge in [-0.25, -0.2) is 0 Å². The molecule has 1 aromatic heterocycles. The summed E-state index contributed by atoms with van der Waals surface area (Å²) in [6, 6.07) is 0. The number of aryl methyl sites for hydroxylation is 1. The fraction of sp³-hybridized carbons (Fsp3) is 0.643. The number of nitrogens with zero attached hydrogens (tertiary/aromatic N) is 2. The highest BCUT2D eigenvalue weighted by Gasteiger charge is 2.04. The second kappa shape index (κ2) is 8.33. The maximum Gasteiger partial charge on any atom is 0.0859 e. The van der Waals surface area contributed by atoms with Crippen LogP contribution in [0.2, 0.25) is 5.02 Å². The molecule has 0 spiro atoms. The molecule has 0 unspecified atom stereocenters. The van der Waals surface area contributed by atoms with E-state index in [1.54, 1.807) is 6.20 Å². The van der Waals surface area contributed by atoms with Crippen LogP contribution in [0.5, 0.6) is 0 Å². The molecule has 1 rings (SSSR count). The Balaban J connectivity index is 2.39. The first kappa shape index (κ1) is 15.3. The lowest BCUT2D eigenvalue weighted by Crippen LogP contribution is -2.20. The van der Waals surface area contributed by atoms with Crippen molar-refractivity contribution in [3.63, 3.8) is 0 Å². The highest BCUT2D eigenvalue weighted by atomic mass is 35.5. The average molecular weight is 270 g/mol. The van der Waals surface area contributed by atoms with E-state index in [1.165, 1.54) is 0 Å². The van der Waals surface area contributed by atoms with Gasteiger partial charge < -0.3 is 5.32 Å². The lowest BCUT2D eigenvalue weighted by molar-refractivity contribution is 0.557. The summed E-state index contributed by atoms with van der Waals surface area (Å²) in [7, 11) is 0. The smallest absolute Gasteiger partial charge is 0.0859 e. The Hall–Kier alpha value is -0.800. The van der Waals surface area contributed by atoms with Crippen LogP contribution in [0.1, 0.15) is 39.3 Å². The first-order valence-corrected chi connectivity index (χ1v) is 7.11. The van der Waals surface area contributed by atoms with Crippen LogP contribution >= 0.6 is 11.6 Å². The van der Waals surface area contributed by atoms with Crippen LogP contribution in [0.15, 0.2) is 12.3 Å². The summed E-state index contributed by atoms with van der Waals surface area (Å²) in [6.45, 7) is 9.56. The standard InChI is InChI=1S/C14H24ClN3/c1-4-9-18-14(13(15)11-17-18)7-5-6-8-16-10-12(2)3/h5,7,11-12,16H,4,6,8-10H2,1-3H3/b7-5+. The van der Waals surface area contributed by atoms with Crippen LogP contribution in [0.3, 0.4) is 0 Å². The van der Waals surface area contributed by atoms with E-state index in [0.717, 1.165) is 43.2 Å². The van der Waals surface area contributed by atoms with E-state index >= 15 is 0 Å². The third-order valence-electron chi connectivity index (χ3n) is 2.58. The van der Waals surface area contributed by atoms with E-state index < -0.39 is 0 Å². The van der Waals surface area contributed by atoms with Gasteiger partial charge in [0.25, 0.3) is 0 Å². The van der Waals surface area contributed by atoms with E-state index in [9.17, 15) is 0 Å². The third kappa shape index (κ3) is 5.23. The largest absolute Gasteiger partial charge is 0.316 e. The number of hydrogen-bond acceptors (Lipinski definition) is 2. The van der Waals surface area contributed by atoms with Crippen molar-refractivity contribution in [3.8, 4) is 0 Å². The van der Waals surface area contributed by atoms with Crippen LogP contribution in [0.4, 0.5) is 0 Å². The predicted octanol–water partition coefficient (Wildman–Crippen LogP) is 3.60. The van der Waals surface area contributed by atoms with Crippen molar-refractivity contribution in [2.24, 2.45) is 5.92 Å². The van der Waals surface area contributed by atoms with E-state index in [-0.39, 0.29) is 0 Å². The molecule has 0 saturated heterocycles. The second-order valence-corrected chi connectivity index (χ2v) is 5.30. The molecule has 0 fully saturated rings. The van der Waals surface area contributed by atoms with Gasteiger partial charge in [0.15, 0.2) is 0 Å². The zero-order valence-corrected chi connectivity index (χ0v) is 12.4. The zero-order valence-electron chi connectivity index (χ0n) is 11.6. The van der Waals surface area contributed by atoms with Crippen molar-refractivity contribution in [2.45, 2.75) is 40.2 Å². The highest BCUT2D eigenvalue weighted by Crippen LogP contribution is 2.17. The van der Waals surface area contributed by atoms with Gasteiger partial charge in [-0.2, -0.15) is 5.10 Å². The Bertz CT molecular complexity index is 369. The van der Waals surface area contributed by atoms with E-state index in [4.69, 9.17) is 11.6 Å². The number of hydrogen-bond donors (Lipinski definition) is 1. The van der Waals surface area contributed by atoms with Crippen molar-refractivity contribution in [1.29, 1.82) is 0 Å². The average Bonchev–Trinajstić information content (AvgIpc) is 2.66. The monoisotopic (exact) mass is 269 g/mol. The Labute approximate surface area is 115 Å². The lowest BCUT2D eigenvalue weighted by atomic mass is 10.2. The molecule has 3 nitrogen and oxygen atoms in total. The summed E-state index contributed by atoms with van der Waals surface area (Å²) in [5.41, 5.74) is 1.02. The molecule has 0 aliphatic carbocycles. The Morgan fingerprint density at radius 2 is 2.28 bits per heavy atom. The van der Waals surface area contributed by atoms with Gasteiger partial charge in [0, 0.05) is 6.54 Å². The van der Waals surface area contributed by atoms with Gasteiger partial charge in [-0.1, -0.05) is 38.4 Å². The van der Waals surface area contributed by atoms with Gasteiger partial charge in [0.1, 0.15) is 0 Å². The van der Waals surface area contributed by atoms with Gasteiger partial charge in [-0.05, 0) is 37.9 Å². The minimum Gasteiger partial charge on any atom is -0.316 e. The summed E-state index contributed by atoms with van der Waals surface area (Å²) < 4.78 is 1.96. The van der Waals surface area contributed by atoms with Crippen molar-refractivity contribution < 1.29 is 0 Å². The molecule has 0 atom stereocenters. The maximum absolute atomic E-state index is 6.11. The maximum atomic E-state index is 6.11. The molecule has 1 aromatic rings. The second-order valence-electron chi connectivity index (χ2n) is 4.89. The Morgan fingerprint density at radius 3 is 2.94 bits per heavy atom. The van der Waals surface area contributed by atoms with Crippen molar-refractivity contribution in [3.05, 3.63) is 23.0 Å².